The predicted molar refractivity (Wildman–Crippen MR) is 82.1 cm³/mol. The second-order valence-electron chi connectivity index (χ2n) is 5.47. The van der Waals surface area contributed by atoms with Crippen molar-refractivity contribution in [3.05, 3.63) is 53.9 Å². The van der Waals surface area contributed by atoms with Crippen LogP contribution in [-0.2, 0) is 18.3 Å². The van der Waals surface area contributed by atoms with E-state index < -0.39 is 0 Å². The lowest BCUT2D eigenvalue weighted by Gasteiger charge is -2.33. The molecule has 1 aliphatic rings. The Hall–Kier alpha value is -2.41. The van der Waals surface area contributed by atoms with Gasteiger partial charge in [0, 0.05) is 26.0 Å². The molecular formula is C16H19FN4O2. The van der Waals surface area contributed by atoms with Gasteiger partial charge in [-0.2, -0.15) is 0 Å². The molecule has 1 saturated heterocycles. The van der Waals surface area contributed by atoms with Gasteiger partial charge in [-0.1, -0.05) is 12.1 Å². The second kappa shape index (κ2) is 6.78. The number of carbonyl (C=O) groups is 1. The number of imidazole rings is 1. The molecule has 0 bridgehead atoms. The van der Waals surface area contributed by atoms with E-state index in [-0.39, 0.29) is 18.0 Å². The summed E-state index contributed by atoms with van der Waals surface area (Å²) in [6.45, 7) is 1.70. The molecule has 1 fully saturated rings. The van der Waals surface area contributed by atoms with E-state index in [2.05, 4.69) is 10.3 Å². The summed E-state index contributed by atoms with van der Waals surface area (Å²) in [5.74, 6) is 0.482. The number of urea groups is 1. The van der Waals surface area contributed by atoms with E-state index in [1.807, 2.05) is 23.9 Å². The van der Waals surface area contributed by atoms with Gasteiger partial charge in [0.1, 0.15) is 17.7 Å². The SMILES string of the molecule is Cn1ccnc1CNC(=O)N1CCOC(c2cccc(F)c2)C1. The molecule has 0 radical (unpaired) electrons. The molecule has 0 spiro atoms. The van der Waals surface area contributed by atoms with Gasteiger partial charge in [0.2, 0.25) is 0 Å². The van der Waals surface area contributed by atoms with Crippen LogP contribution in [0.3, 0.4) is 0 Å². The highest BCUT2D eigenvalue weighted by atomic mass is 19.1. The maximum atomic E-state index is 13.3. The van der Waals surface area contributed by atoms with E-state index in [4.69, 9.17) is 4.74 Å². The minimum atomic E-state index is -0.307. The van der Waals surface area contributed by atoms with Crippen LogP contribution in [0.2, 0.25) is 0 Å². The minimum Gasteiger partial charge on any atom is -0.370 e. The number of aryl methyl sites for hydroxylation is 1. The van der Waals surface area contributed by atoms with Crippen molar-refractivity contribution in [2.45, 2.75) is 12.6 Å². The van der Waals surface area contributed by atoms with Crippen molar-refractivity contribution in [1.82, 2.24) is 19.8 Å². The highest BCUT2D eigenvalue weighted by molar-refractivity contribution is 5.74. The zero-order chi connectivity index (χ0) is 16.2. The summed E-state index contributed by atoms with van der Waals surface area (Å²) in [7, 11) is 1.88. The molecule has 23 heavy (non-hydrogen) atoms. The van der Waals surface area contributed by atoms with Crippen molar-refractivity contribution in [3.8, 4) is 0 Å². The van der Waals surface area contributed by atoms with E-state index >= 15 is 0 Å². The first-order valence-electron chi connectivity index (χ1n) is 7.49. The summed E-state index contributed by atoms with van der Waals surface area (Å²) in [5, 5.41) is 2.85. The van der Waals surface area contributed by atoms with Crippen LogP contribution in [-0.4, -0.2) is 40.2 Å². The third-order valence-corrected chi connectivity index (χ3v) is 3.89. The van der Waals surface area contributed by atoms with Crippen LogP contribution in [0.5, 0.6) is 0 Å². The van der Waals surface area contributed by atoms with Crippen LogP contribution in [0.4, 0.5) is 9.18 Å². The fourth-order valence-electron chi connectivity index (χ4n) is 2.58. The van der Waals surface area contributed by atoms with Crippen LogP contribution >= 0.6 is 0 Å². The molecule has 122 valence electrons. The molecule has 7 heteroatoms. The zero-order valence-corrected chi connectivity index (χ0v) is 12.9. The first-order valence-corrected chi connectivity index (χ1v) is 7.49. The minimum absolute atomic E-state index is 0.169. The lowest BCUT2D eigenvalue weighted by Crippen LogP contribution is -2.47. The Labute approximate surface area is 133 Å². The molecule has 1 aromatic heterocycles. The van der Waals surface area contributed by atoms with Crippen molar-refractivity contribution in [3.63, 3.8) is 0 Å². The quantitative estimate of drug-likeness (QED) is 0.939. The Morgan fingerprint density at radius 2 is 2.39 bits per heavy atom. The summed E-state index contributed by atoms with van der Waals surface area (Å²) in [6.07, 6.45) is 3.21. The molecule has 3 rings (SSSR count). The van der Waals surface area contributed by atoms with Gasteiger partial charge in [0.05, 0.1) is 19.7 Å². The van der Waals surface area contributed by atoms with Crippen molar-refractivity contribution in [2.24, 2.45) is 7.05 Å². The zero-order valence-electron chi connectivity index (χ0n) is 12.9. The van der Waals surface area contributed by atoms with Gasteiger partial charge in [-0.25, -0.2) is 14.2 Å². The van der Waals surface area contributed by atoms with Crippen LogP contribution in [0, 0.1) is 5.82 Å². The fraction of sp³-hybridized carbons (Fsp3) is 0.375. The summed E-state index contributed by atoms with van der Waals surface area (Å²) >= 11 is 0. The summed E-state index contributed by atoms with van der Waals surface area (Å²) in [5.41, 5.74) is 0.742. The van der Waals surface area contributed by atoms with Gasteiger partial charge in [-0.05, 0) is 17.7 Å². The standard InChI is InChI=1S/C16H19FN4O2/c1-20-6-5-18-15(20)10-19-16(22)21-7-8-23-14(11-21)12-3-2-4-13(17)9-12/h2-6,9,14H,7-8,10-11H2,1H3,(H,19,22). The average molecular weight is 318 g/mol. The van der Waals surface area contributed by atoms with Crippen molar-refractivity contribution in [1.29, 1.82) is 0 Å². The molecule has 2 aromatic rings. The number of hydrogen-bond acceptors (Lipinski definition) is 3. The number of aromatic nitrogens is 2. The molecule has 1 unspecified atom stereocenters. The molecule has 1 N–H and O–H groups in total. The topological polar surface area (TPSA) is 59.4 Å². The Kier molecular flexibility index (Phi) is 4.57. The molecule has 1 aliphatic heterocycles. The van der Waals surface area contributed by atoms with Gasteiger partial charge in [-0.15, -0.1) is 0 Å². The van der Waals surface area contributed by atoms with Gasteiger partial charge in [0.15, 0.2) is 0 Å². The largest absolute Gasteiger partial charge is 0.370 e. The first-order chi connectivity index (χ1) is 11.1. The predicted octanol–water partition coefficient (Wildman–Crippen LogP) is 1.84. The Morgan fingerprint density at radius 1 is 1.52 bits per heavy atom. The van der Waals surface area contributed by atoms with Gasteiger partial charge in [-0.3, -0.25) is 0 Å². The van der Waals surface area contributed by atoms with Crippen molar-refractivity contribution in [2.75, 3.05) is 19.7 Å². The first kappa shape index (κ1) is 15.5. The molecule has 1 aromatic carbocycles. The summed E-state index contributed by atoms with van der Waals surface area (Å²) in [6, 6.07) is 6.12. The Bertz CT molecular complexity index is 688. The van der Waals surface area contributed by atoms with Gasteiger partial charge < -0.3 is 19.5 Å². The highest BCUT2D eigenvalue weighted by Gasteiger charge is 2.25. The molecule has 2 heterocycles. The maximum absolute atomic E-state index is 13.3. The van der Waals surface area contributed by atoms with Crippen molar-refractivity contribution >= 4 is 6.03 Å². The Morgan fingerprint density at radius 3 is 3.13 bits per heavy atom. The van der Waals surface area contributed by atoms with Crippen LogP contribution in [0.1, 0.15) is 17.5 Å². The van der Waals surface area contributed by atoms with Crippen LogP contribution in [0.25, 0.3) is 0 Å². The molecule has 1 atom stereocenters. The molecule has 0 saturated carbocycles. The number of hydrogen-bond donors (Lipinski definition) is 1. The van der Waals surface area contributed by atoms with Gasteiger partial charge in [0.25, 0.3) is 0 Å². The van der Waals surface area contributed by atoms with E-state index in [0.717, 1.165) is 11.4 Å². The fourth-order valence-corrected chi connectivity index (χ4v) is 2.58. The number of carbonyl (C=O) groups excluding carboxylic acids is 1. The molecule has 2 amide bonds. The number of nitrogens with one attached hydrogen (secondary N) is 1. The van der Waals surface area contributed by atoms with Crippen molar-refractivity contribution < 1.29 is 13.9 Å². The van der Waals surface area contributed by atoms with E-state index in [9.17, 15) is 9.18 Å². The number of halogens is 1. The number of ether oxygens (including phenoxy) is 1. The lowest BCUT2D eigenvalue weighted by molar-refractivity contribution is -0.0156. The molecule has 6 nitrogen and oxygen atoms in total. The monoisotopic (exact) mass is 318 g/mol. The van der Waals surface area contributed by atoms with E-state index in [0.29, 0.717) is 26.2 Å². The number of amides is 2. The number of rotatable bonds is 3. The molecule has 0 aliphatic carbocycles. The highest BCUT2D eigenvalue weighted by Crippen LogP contribution is 2.22. The smallest absolute Gasteiger partial charge is 0.317 e. The number of nitrogens with zero attached hydrogens (tertiary/aromatic N) is 3. The lowest BCUT2D eigenvalue weighted by atomic mass is 10.1. The van der Waals surface area contributed by atoms with E-state index in [1.165, 1.54) is 12.1 Å². The third kappa shape index (κ3) is 3.68. The maximum Gasteiger partial charge on any atom is 0.317 e. The van der Waals surface area contributed by atoms with Crippen LogP contribution in [0.15, 0.2) is 36.7 Å². The molecular weight excluding hydrogens is 299 g/mol. The van der Waals surface area contributed by atoms with Crippen LogP contribution < -0.4 is 5.32 Å². The average Bonchev–Trinajstić information content (AvgIpc) is 2.98. The number of morpholine rings is 1. The number of benzene rings is 1. The summed E-state index contributed by atoms with van der Waals surface area (Å²) in [4.78, 5) is 18.1. The normalized spacial score (nSPS) is 18.0. The Balaban J connectivity index is 1.59. The summed E-state index contributed by atoms with van der Waals surface area (Å²) < 4.78 is 20.9. The second-order valence-corrected chi connectivity index (χ2v) is 5.47. The van der Waals surface area contributed by atoms with Gasteiger partial charge >= 0.3 is 6.03 Å². The van der Waals surface area contributed by atoms with E-state index in [1.54, 1.807) is 17.2 Å². The third-order valence-electron chi connectivity index (χ3n) is 3.89.